The van der Waals surface area contributed by atoms with Crippen LogP contribution in [-0.2, 0) is 32.1 Å². The van der Waals surface area contributed by atoms with Gasteiger partial charge < -0.3 is 24.8 Å². The number of benzene rings is 3. The van der Waals surface area contributed by atoms with E-state index in [1.807, 2.05) is 12.1 Å². The molecule has 0 N–H and O–H groups in total. The Morgan fingerprint density at radius 2 is 1.18 bits per heavy atom. The van der Waals surface area contributed by atoms with E-state index >= 15 is 0 Å². The van der Waals surface area contributed by atoms with Crippen LogP contribution in [0.3, 0.4) is 0 Å². The monoisotopic (exact) mass is 722 g/mol. The predicted octanol–water partition coefficient (Wildman–Crippen LogP) is 5.64. The van der Waals surface area contributed by atoms with Crippen molar-refractivity contribution in [1.29, 1.82) is 0 Å². The molecule has 240 valence electrons. The summed E-state index contributed by atoms with van der Waals surface area (Å²) >= 11 is -2.73. The Balaban J connectivity index is 0.00000276. The summed E-state index contributed by atoms with van der Waals surface area (Å²) in [7, 11) is 0. The van der Waals surface area contributed by atoms with E-state index in [1.54, 1.807) is 26.6 Å². The molecule has 4 heteroatoms. The normalized spacial score (nSPS) is 16.6. The van der Waals surface area contributed by atoms with Gasteiger partial charge in [0.15, 0.2) is 0 Å². The molecule has 2 aliphatic rings. The molecule has 0 radical (unpaired) electrons. The number of hydrogen-bond donors (Lipinski definition) is 0. The minimum absolute atomic E-state index is 0. The zero-order valence-corrected chi connectivity index (χ0v) is 33.1. The molecule has 3 aromatic rings. The molecule has 3 aromatic carbocycles. The van der Waals surface area contributed by atoms with E-state index in [0.717, 1.165) is 12.8 Å². The molecular weight excluding hydrogens is 674 g/mol. The van der Waals surface area contributed by atoms with E-state index in [9.17, 15) is 4.39 Å². The maximum absolute atomic E-state index is 14.1. The molecule has 0 spiro atoms. The van der Waals surface area contributed by atoms with E-state index in [1.165, 1.54) is 38.9 Å². The number of halogens is 3. The van der Waals surface area contributed by atoms with Crippen LogP contribution in [0.15, 0.2) is 81.2 Å². The molecule has 0 bridgehead atoms. The summed E-state index contributed by atoms with van der Waals surface area (Å²) in [5, 5.41) is 0. The third-order valence-corrected chi connectivity index (χ3v) is 17.4. The third-order valence-electron chi connectivity index (χ3n) is 9.55. The molecule has 2 aliphatic carbocycles. The fourth-order valence-corrected chi connectivity index (χ4v) is 16.2. The zero-order chi connectivity index (χ0) is 31.5. The van der Waals surface area contributed by atoms with Gasteiger partial charge in [0.2, 0.25) is 0 Å². The summed E-state index contributed by atoms with van der Waals surface area (Å²) in [6, 6.07) is 21.9. The Bertz CT molecular complexity index is 1570. The molecule has 0 aliphatic heterocycles. The summed E-state index contributed by atoms with van der Waals surface area (Å²) in [6.45, 7) is 25.8. The minimum Gasteiger partial charge on any atom is -1.00 e. The second kappa shape index (κ2) is 13.9. The van der Waals surface area contributed by atoms with Gasteiger partial charge in [0, 0.05) is 0 Å². The van der Waals surface area contributed by atoms with Crippen molar-refractivity contribution in [1.82, 2.24) is 0 Å². The van der Waals surface area contributed by atoms with Gasteiger partial charge in [-0.2, -0.15) is 0 Å². The van der Waals surface area contributed by atoms with Crippen LogP contribution in [0, 0.1) is 17.2 Å². The van der Waals surface area contributed by atoms with Crippen LogP contribution >= 0.6 is 0 Å². The maximum Gasteiger partial charge on any atom is -1.00 e. The molecule has 0 nitrogen and oxygen atoms in total. The molecule has 0 fully saturated rings. The fraction of sp³-hybridized carbons (Fsp3) is 0.439. The van der Waals surface area contributed by atoms with Gasteiger partial charge >= 0.3 is 270 Å². The number of rotatable bonds is 5. The first kappa shape index (κ1) is 37.9. The van der Waals surface area contributed by atoms with Crippen LogP contribution in [0.4, 0.5) is 4.39 Å². The van der Waals surface area contributed by atoms with E-state index < -0.39 is 21.3 Å². The fourth-order valence-electron chi connectivity index (χ4n) is 7.13. The standard InChI is InChI=1S/C21H25.C13H21.C7H5F.2ClH.Zr/c1-20(2,3)16-7-9-18-14(12-16)11-15-13-17(21(4,5)6)8-10-19(15)18;1-6-10-8-11(7-2)12(9-10)13(3,4)5;1-6-2-4-7(8)5-3-6;;;/h7-13H,1-6H3;9-10H,6-7H2,1-5H3;1-5H;2*1H;/q;;;;;+2/p-2. The van der Waals surface area contributed by atoms with E-state index in [2.05, 4.69) is 122 Å². The van der Waals surface area contributed by atoms with E-state index in [4.69, 9.17) is 0 Å². The first-order valence-electron chi connectivity index (χ1n) is 16.3. The van der Waals surface area contributed by atoms with Crippen molar-refractivity contribution in [3.8, 4) is 11.1 Å². The molecule has 0 aromatic heterocycles. The van der Waals surface area contributed by atoms with Crippen LogP contribution in [0.5, 0.6) is 0 Å². The van der Waals surface area contributed by atoms with Crippen LogP contribution in [0.25, 0.3) is 11.1 Å². The summed E-state index contributed by atoms with van der Waals surface area (Å²) in [5.41, 5.74) is 13.2. The quantitative estimate of drug-likeness (QED) is 0.320. The van der Waals surface area contributed by atoms with Crippen LogP contribution in [0.2, 0.25) is 0 Å². The molecule has 0 amide bonds. The van der Waals surface area contributed by atoms with Crippen molar-refractivity contribution < 1.29 is 50.5 Å². The van der Waals surface area contributed by atoms with Gasteiger partial charge in [-0.25, -0.2) is 0 Å². The molecule has 0 saturated heterocycles. The van der Waals surface area contributed by atoms with Gasteiger partial charge in [0.25, 0.3) is 0 Å². The summed E-state index contributed by atoms with van der Waals surface area (Å²) in [6.07, 6.45) is 4.81. The summed E-state index contributed by atoms with van der Waals surface area (Å²) in [5.74, 6) is 0.306. The molecule has 1 atom stereocenters. The van der Waals surface area contributed by atoms with Crippen molar-refractivity contribution in [3.05, 3.63) is 115 Å². The van der Waals surface area contributed by atoms with Gasteiger partial charge in [-0.05, 0) is 0 Å². The SMILES string of the molecule is CCC1=[C](/[Zr+2](=[CH]\c2ccc(F)cc2)[CH]2c3cc(C(C)(C)C)ccc3-c3ccc(C(C)(C)C)cc32)C(CC)C=C1C(C)(C)C.[Cl-].[Cl-]. The van der Waals surface area contributed by atoms with E-state index in [-0.39, 0.29) is 46.9 Å². The second-order valence-corrected chi connectivity index (χ2v) is 21.5. The Hall–Kier alpha value is -1.60. The van der Waals surface area contributed by atoms with Crippen molar-refractivity contribution in [3.63, 3.8) is 0 Å². The summed E-state index contributed by atoms with van der Waals surface area (Å²) in [4.78, 5) is 0. The topological polar surface area (TPSA) is 0 Å². The number of fused-ring (bicyclic) bond motifs is 3. The Morgan fingerprint density at radius 1 is 0.689 bits per heavy atom. The van der Waals surface area contributed by atoms with Gasteiger partial charge in [-0.3, -0.25) is 0 Å². The van der Waals surface area contributed by atoms with Crippen molar-refractivity contribution >= 4 is 3.71 Å². The van der Waals surface area contributed by atoms with Gasteiger partial charge in [0.1, 0.15) is 0 Å². The van der Waals surface area contributed by atoms with Gasteiger partial charge in [0.05, 0.1) is 0 Å². The first-order valence-corrected chi connectivity index (χ1v) is 20.3. The molecule has 5 rings (SSSR count). The Kier molecular flexibility index (Phi) is 11.7. The van der Waals surface area contributed by atoms with E-state index in [0.29, 0.717) is 9.54 Å². The smallest absolute Gasteiger partial charge is 1.00 e. The predicted molar refractivity (Wildman–Crippen MR) is 181 cm³/mol. The van der Waals surface area contributed by atoms with Crippen LogP contribution in [-0.4, -0.2) is 3.71 Å². The Morgan fingerprint density at radius 3 is 1.58 bits per heavy atom. The Labute approximate surface area is 293 Å². The third kappa shape index (κ3) is 7.45. The number of hydrogen-bond acceptors (Lipinski definition) is 0. The summed E-state index contributed by atoms with van der Waals surface area (Å²) < 4.78 is 18.9. The van der Waals surface area contributed by atoms with Crippen molar-refractivity contribution in [2.24, 2.45) is 11.3 Å². The largest absolute Gasteiger partial charge is 1.00 e. The molecule has 45 heavy (non-hydrogen) atoms. The molecule has 0 heterocycles. The molecule has 1 unspecified atom stereocenters. The average Bonchev–Trinajstić information content (AvgIpc) is 3.47. The van der Waals surface area contributed by atoms with Crippen LogP contribution < -0.4 is 24.8 Å². The maximum atomic E-state index is 14.1. The number of allylic oxidation sites excluding steroid dienone is 4. The zero-order valence-electron chi connectivity index (χ0n) is 29.1. The van der Waals surface area contributed by atoms with Crippen molar-refractivity contribution in [2.75, 3.05) is 0 Å². The average molecular weight is 725 g/mol. The van der Waals surface area contributed by atoms with Gasteiger partial charge in [-0.15, -0.1) is 0 Å². The molecular formula is C41H51Cl2FZr. The minimum atomic E-state index is -2.73. The first-order chi connectivity index (χ1) is 20.0. The second-order valence-electron chi connectivity index (χ2n) is 15.8. The van der Waals surface area contributed by atoms with Gasteiger partial charge in [-0.1, -0.05) is 0 Å². The van der Waals surface area contributed by atoms with Crippen LogP contribution in [0.1, 0.15) is 120 Å². The van der Waals surface area contributed by atoms with Crippen molar-refractivity contribution in [2.45, 2.75) is 103 Å². The molecule has 0 saturated carbocycles.